The van der Waals surface area contributed by atoms with Gasteiger partial charge >= 0.3 is 0 Å². The third-order valence-electron chi connectivity index (χ3n) is 6.06. The fraction of sp³-hybridized carbons (Fsp3) is 0.609. The number of nitrogens with zero attached hydrogens (tertiary/aromatic N) is 3. The maximum atomic E-state index is 13.1. The van der Waals surface area contributed by atoms with Gasteiger partial charge in [0.2, 0.25) is 17.7 Å². The highest BCUT2D eigenvalue weighted by molar-refractivity contribution is 6.00. The Morgan fingerprint density at radius 1 is 1.09 bits per heavy atom. The fourth-order valence-electron chi connectivity index (χ4n) is 4.16. The highest BCUT2D eigenvalue weighted by Gasteiger charge is 2.38. The van der Waals surface area contributed by atoms with Crippen LogP contribution in [-0.4, -0.2) is 87.6 Å². The first-order valence-electron chi connectivity index (χ1n) is 11.3. The zero-order chi connectivity index (χ0) is 23.1. The van der Waals surface area contributed by atoms with E-state index < -0.39 is 0 Å². The minimum absolute atomic E-state index is 0.00775. The lowest BCUT2D eigenvalue weighted by Crippen LogP contribution is -2.52. The number of benzene rings is 1. The molecule has 2 fully saturated rings. The van der Waals surface area contributed by atoms with Gasteiger partial charge in [0.25, 0.3) is 0 Å². The molecule has 2 saturated heterocycles. The molecule has 9 heteroatoms. The van der Waals surface area contributed by atoms with Crippen molar-refractivity contribution in [1.29, 1.82) is 0 Å². The second-order valence-electron chi connectivity index (χ2n) is 8.25. The van der Waals surface area contributed by atoms with Gasteiger partial charge in [0.1, 0.15) is 0 Å². The van der Waals surface area contributed by atoms with E-state index in [-0.39, 0.29) is 30.1 Å². The van der Waals surface area contributed by atoms with Crippen LogP contribution in [0.25, 0.3) is 0 Å². The first kappa shape index (κ1) is 23.8. The quantitative estimate of drug-likeness (QED) is 0.572. The summed E-state index contributed by atoms with van der Waals surface area (Å²) in [5, 5.41) is 2.93. The summed E-state index contributed by atoms with van der Waals surface area (Å²) in [5.41, 5.74) is 0.696. The van der Waals surface area contributed by atoms with Gasteiger partial charge < -0.3 is 24.6 Å². The molecule has 0 saturated carbocycles. The lowest BCUT2D eigenvalue weighted by Gasteiger charge is -2.35. The molecule has 2 aliphatic heterocycles. The molecule has 1 unspecified atom stereocenters. The van der Waals surface area contributed by atoms with Gasteiger partial charge in [-0.25, -0.2) is 0 Å². The standard InChI is InChI=1S/C23H34N4O5/c1-4-5-8-24-21(28)16-25-9-11-26(12-10-25)23(30)17-13-22(29)27(15-17)18-6-7-19(31-2)20(14-18)32-3/h6-7,14,17H,4-5,8-13,15-16H2,1-3H3,(H,24,28). The van der Waals surface area contributed by atoms with Crippen LogP contribution in [0.2, 0.25) is 0 Å². The average molecular weight is 447 g/mol. The van der Waals surface area contributed by atoms with Crippen LogP contribution in [0.1, 0.15) is 26.2 Å². The van der Waals surface area contributed by atoms with Crippen LogP contribution in [0.5, 0.6) is 11.5 Å². The monoisotopic (exact) mass is 446 g/mol. The molecule has 1 N–H and O–H groups in total. The summed E-state index contributed by atoms with van der Waals surface area (Å²) in [7, 11) is 3.11. The Morgan fingerprint density at radius 3 is 2.47 bits per heavy atom. The Hall–Kier alpha value is -2.81. The van der Waals surface area contributed by atoms with E-state index >= 15 is 0 Å². The normalized spacial score (nSPS) is 19.2. The SMILES string of the molecule is CCCCNC(=O)CN1CCN(C(=O)C2CC(=O)N(c3ccc(OC)c(OC)c3)C2)CC1. The Bertz CT molecular complexity index is 823. The highest BCUT2D eigenvalue weighted by atomic mass is 16.5. The zero-order valence-corrected chi connectivity index (χ0v) is 19.3. The van der Waals surface area contributed by atoms with Crippen molar-refractivity contribution in [1.82, 2.24) is 15.1 Å². The number of rotatable bonds is 9. The molecule has 176 valence electrons. The number of hydrogen-bond donors (Lipinski definition) is 1. The van der Waals surface area contributed by atoms with Crippen LogP contribution in [0.3, 0.4) is 0 Å². The van der Waals surface area contributed by atoms with Crippen LogP contribution in [0.15, 0.2) is 18.2 Å². The average Bonchev–Trinajstić information content (AvgIpc) is 3.20. The number of unbranched alkanes of at least 4 members (excludes halogenated alkanes) is 1. The number of methoxy groups -OCH3 is 2. The van der Waals surface area contributed by atoms with E-state index in [0.29, 0.717) is 63.0 Å². The molecular weight excluding hydrogens is 412 g/mol. The molecular formula is C23H34N4O5. The Kier molecular flexibility index (Phi) is 8.33. The number of amides is 3. The summed E-state index contributed by atoms with van der Waals surface area (Å²) in [6.07, 6.45) is 2.23. The lowest BCUT2D eigenvalue weighted by atomic mass is 10.1. The van der Waals surface area contributed by atoms with Crippen molar-refractivity contribution >= 4 is 23.4 Å². The molecule has 32 heavy (non-hydrogen) atoms. The van der Waals surface area contributed by atoms with E-state index in [2.05, 4.69) is 17.1 Å². The number of carbonyl (C=O) groups is 3. The molecule has 1 aromatic rings. The maximum absolute atomic E-state index is 13.1. The van der Waals surface area contributed by atoms with Crippen molar-refractivity contribution in [3.63, 3.8) is 0 Å². The van der Waals surface area contributed by atoms with Gasteiger partial charge in [-0.1, -0.05) is 13.3 Å². The van der Waals surface area contributed by atoms with Crippen LogP contribution in [-0.2, 0) is 14.4 Å². The first-order valence-corrected chi connectivity index (χ1v) is 11.3. The third kappa shape index (κ3) is 5.70. The third-order valence-corrected chi connectivity index (χ3v) is 6.06. The van der Waals surface area contributed by atoms with E-state index in [9.17, 15) is 14.4 Å². The van der Waals surface area contributed by atoms with Crippen molar-refractivity contribution in [3.05, 3.63) is 18.2 Å². The summed E-state index contributed by atoms with van der Waals surface area (Å²) < 4.78 is 10.6. The van der Waals surface area contributed by atoms with E-state index in [1.54, 1.807) is 37.3 Å². The van der Waals surface area contributed by atoms with Crippen LogP contribution < -0.4 is 19.7 Å². The Balaban J connectivity index is 1.51. The van der Waals surface area contributed by atoms with Gasteiger partial charge in [0, 0.05) is 57.4 Å². The van der Waals surface area contributed by atoms with Crippen LogP contribution in [0.4, 0.5) is 5.69 Å². The van der Waals surface area contributed by atoms with Crippen molar-refractivity contribution in [2.45, 2.75) is 26.2 Å². The smallest absolute Gasteiger partial charge is 0.234 e. The molecule has 0 aliphatic carbocycles. The summed E-state index contributed by atoms with van der Waals surface area (Å²) in [6, 6.07) is 5.32. The molecule has 3 amide bonds. The van der Waals surface area contributed by atoms with E-state index in [4.69, 9.17) is 9.47 Å². The minimum Gasteiger partial charge on any atom is -0.493 e. The summed E-state index contributed by atoms with van der Waals surface area (Å²) >= 11 is 0. The molecule has 1 aromatic carbocycles. The molecule has 2 heterocycles. The molecule has 3 rings (SSSR count). The molecule has 0 spiro atoms. The van der Waals surface area contributed by atoms with Gasteiger partial charge in [0.15, 0.2) is 11.5 Å². The molecule has 0 radical (unpaired) electrons. The molecule has 9 nitrogen and oxygen atoms in total. The summed E-state index contributed by atoms with van der Waals surface area (Å²) in [4.78, 5) is 43.2. The maximum Gasteiger partial charge on any atom is 0.234 e. The summed E-state index contributed by atoms with van der Waals surface area (Å²) in [6.45, 7) is 5.98. The number of nitrogens with one attached hydrogen (secondary N) is 1. The zero-order valence-electron chi connectivity index (χ0n) is 19.3. The topological polar surface area (TPSA) is 91.4 Å². The first-order chi connectivity index (χ1) is 15.5. The van der Waals surface area contributed by atoms with E-state index in [0.717, 1.165) is 12.8 Å². The number of ether oxygens (including phenoxy) is 2. The molecule has 0 bridgehead atoms. The van der Waals surface area contributed by atoms with Crippen molar-refractivity contribution < 1.29 is 23.9 Å². The molecule has 0 aromatic heterocycles. The predicted molar refractivity (Wildman–Crippen MR) is 121 cm³/mol. The van der Waals surface area contributed by atoms with Crippen molar-refractivity contribution in [2.75, 3.05) is 64.9 Å². The van der Waals surface area contributed by atoms with Gasteiger partial charge in [-0.15, -0.1) is 0 Å². The Morgan fingerprint density at radius 2 is 1.81 bits per heavy atom. The second-order valence-corrected chi connectivity index (χ2v) is 8.25. The van der Waals surface area contributed by atoms with Gasteiger partial charge in [0.05, 0.1) is 26.7 Å². The van der Waals surface area contributed by atoms with Gasteiger partial charge in [-0.2, -0.15) is 0 Å². The van der Waals surface area contributed by atoms with Crippen molar-refractivity contribution in [3.8, 4) is 11.5 Å². The van der Waals surface area contributed by atoms with Gasteiger partial charge in [-0.05, 0) is 18.6 Å². The minimum atomic E-state index is -0.362. The largest absolute Gasteiger partial charge is 0.493 e. The summed E-state index contributed by atoms with van der Waals surface area (Å²) in [5.74, 6) is 0.742. The van der Waals surface area contributed by atoms with E-state index in [1.807, 2.05) is 4.90 Å². The van der Waals surface area contributed by atoms with Crippen LogP contribution in [0, 0.1) is 5.92 Å². The van der Waals surface area contributed by atoms with Crippen LogP contribution >= 0.6 is 0 Å². The van der Waals surface area contributed by atoms with Crippen molar-refractivity contribution in [2.24, 2.45) is 5.92 Å². The number of carbonyl (C=O) groups excluding carboxylic acids is 3. The second kappa shape index (κ2) is 11.2. The lowest BCUT2D eigenvalue weighted by molar-refractivity contribution is -0.137. The molecule has 1 atom stereocenters. The molecule has 2 aliphatic rings. The number of anilines is 1. The van der Waals surface area contributed by atoms with Gasteiger partial charge in [-0.3, -0.25) is 19.3 Å². The fourth-order valence-corrected chi connectivity index (χ4v) is 4.16. The predicted octanol–water partition coefficient (Wildman–Crippen LogP) is 1.12. The number of hydrogen-bond acceptors (Lipinski definition) is 6. The number of piperazine rings is 1. The highest BCUT2D eigenvalue weighted by Crippen LogP contribution is 2.34. The Labute approximate surface area is 189 Å². The van der Waals surface area contributed by atoms with E-state index in [1.165, 1.54) is 0 Å².